The molecule has 1 heterocycles. The van der Waals surface area contributed by atoms with Crippen LogP contribution < -0.4 is 9.47 Å². The zero-order valence-corrected chi connectivity index (χ0v) is 18.9. The molecule has 4 rings (SSSR count). The van der Waals surface area contributed by atoms with Crippen LogP contribution in [0.3, 0.4) is 0 Å². The predicted molar refractivity (Wildman–Crippen MR) is 123 cm³/mol. The minimum Gasteiger partial charge on any atom is -0.489 e. The average molecular weight is 433 g/mol. The molecule has 0 bridgehead atoms. The van der Waals surface area contributed by atoms with E-state index < -0.39 is 0 Å². The molecule has 0 aliphatic carbocycles. The van der Waals surface area contributed by atoms with E-state index >= 15 is 0 Å². The molecule has 0 spiro atoms. The van der Waals surface area contributed by atoms with Gasteiger partial charge in [-0.3, -0.25) is 4.79 Å². The van der Waals surface area contributed by atoms with E-state index in [4.69, 9.17) is 18.9 Å². The molecule has 1 aliphatic heterocycles. The van der Waals surface area contributed by atoms with E-state index in [-0.39, 0.29) is 12.6 Å². The predicted octanol–water partition coefficient (Wildman–Crippen LogP) is 5.77. The number of hydrogen-bond donors (Lipinski definition) is 0. The van der Waals surface area contributed by atoms with Crippen LogP contribution >= 0.6 is 0 Å². The Hall–Kier alpha value is -3.15. The normalized spacial score (nSPS) is 17.5. The van der Waals surface area contributed by atoms with Gasteiger partial charge in [-0.2, -0.15) is 0 Å². The van der Waals surface area contributed by atoms with E-state index in [1.807, 2.05) is 19.1 Å². The molecule has 166 valence electrons. The third-order valence-electron chi connectivity index (χ3n) is 5.70. The number of carbonyl (C=O) groups is 1. The summed E-state index contributed by atoms with van der Waals surface area (Å²) in [5.74, 6) is 1.55. The van der Waals surface area contributed by atoms with Crippen molar-refractivity contribution < 1.29 is 23.7 Å². The zero-order chi connectivity index (χ0) is 22.7. The Morgan fingerprint density at radius 2 is 1.59 bits per heavy atom. The minimum absolute atomic E-state index is 0.149. The van der Waals surface area contributed by atoms with Crippen molar-refractivity contribution in [3.05, 3.63) is 82.4 Å². The van der Waals surface area contributed by atoms with Crippen LogP contribution in [0.4, 0.5) is 0 Å². The summed E-state index contributed by atoms with van der Waals surface area (Å²) < 4.78 is 22.7. The monoisotopic (exact) mass is 432 g/mol. The second-order valence-corrected chi connectivity index (χ2v) is 8.08. The van der Waals surface area contributed by atoms with Crippen LogP contribution in [0.15, 0.2) is 54.6 Å². The van der Waals surface area contributed by atoms with Gasteiger partial charge < -0.3 is 18.9 Å². The number of aldehydes is 1. The molecule has 0 saturated carbocycles. The molecule has 0 N–H and O–H groups in total. The lowest BCUT2D eigenvalue weighted by atomic mass is 9.90. The van der Waals surface area contributed by atoms with Crippen molar-refractivity contribution in [3.8, 4) is 22.6 Å². The van der Waals surface area contributed by atoms with E-state index in [9.17, 15) is 4.79 Å². The van der Waals surface area contributed by atoms with Crippen LogP contribution in [0.25, 0.3) is 11.1 Å². The van der Waals surface area contributed by atoms with Gasteiger partial charge in [0.15, 0.2) is 12.6 Å². The summed E-state index contributed by atoms with van der Waals surface area (Å²) in [7, 11) is 0. The van der Waals surface area contributed by atoms with Gasteiger partial charge in [-0.25, -0.2) is 0 Å². The fourth-order valence-electron chi connectivity index (χ4n) is 4.03. The number of ether oxygens (including phenoxy) is 4. The van der Waals surface area contributed by atoms with Crippen molar-refractivity contribution >= 4 is 6.29 Å². The quantitative estimate of drug-likeness (QED) is 0.423. The molecule has 32 heavy (non-hydrogen) atoms. The Balaban J connectivity index is 1.50. The summed E-state index contributed by atoms with van der Waals surface area (Å²) in [6.07, 6.45) is 0.386. The summed E-state index contributed by atoms with van der Waals surface area (Å²) in [6.45, 7) is 9.03. The number of benzene rings is 3. The summed E-state index contributed by atoms with van der Waals surface area (Å²) in [5, 5.41) is 0. The van der Waals surface area contributed by atoms with Crippen molar-refractivity contribution in [2.45, 2.75) is 46.9 Å². The standard InChI is InChI=1S/C27H28O5/c1-17-12-24(30-16-26-31-20(4)32-26)13-18(2)27(17)25-7-5-6-22(19(25)3)15-29-23-10-8-21(14-28)9-11-23/h5-14,20,26H,15-16H2,1-4H3. The summed E-state index contributed by atoms with van der Waals surface area (Å²) >= 11 is 0. The summed E-state index contributed by atoms with van der Waals surface area (Å²) in [5.41, 5.74) is 7.62. The van der Waals surface area contributed by atoms with Crippen LogP contribution in [0, 0.1) is 20.8 Å². The lowest BCUT2D eigenvalue weighted by Gasteiger charge is -2.33. The van der Waals surface area contributed by atoms with Crippen LogP contribution in [-0.4, -0.2) is 25.5 Å². The van der Waals surface area contributed by atoms with Crippen molar-refractivity contribution in [1.29, 1.82) is 0 Å². The number of hydrogen-bond acceptors (Lipinski definition) is 5. The second kappa shape index (κ2) is 9.55. The molecule has 1 fully saturated rings. The highest BCUT2D eigenvalue weighted by molar-refractivity contribution is 5.76. The van der Waals surface area contributed by atoms with Gasteiger partial charge in [0.1, 0.15) is 31.0 Å². The lowest BCUT2D eigenvalue weighted by Crippen LogP contribution is -2.42. The Bertz CT molecular complexity index is 1070. The molecule has 3 aromatic rings. The minimum atomic E-state index is -0.293. The fraction of sp³-hybridized carbons (Fsp3) is 0.296. The topological polar surface area (TPSA) is 54.0 Å². The van der Waals surface area contributed by atoms with Crippen LogP contribution in [0.1, 0.15) is 39.5 Å². The number of aryl methyl sites for hydroxylation is 2. The summed E-state index contributed by atoms with van der Waals surface area (Å²) in [6, 6.07) is 17.5. The first kappa shape index (κ1) is 22.1. The molecule has 5 heteroatoms. The van der Waals surface area contributed by atoms with Crippen LogP contribution in [0.5, 0.6) is 11.5 Å². The number of carbonyl (C=O) groups excluding carboxylic acids is 1. The zero-order valence-electron chi connectivity index (χ0n) is 18.9. The molecule has 5 nitrogen and oxygen atoms in total. The maximum Gasteiger partial charge on any atom is 0.197 e. The van der Waals surface area contributed by atoms with E-state index in [0.717, 1.165) is 34.5 Å². The Morgan fingerprint density at radius 1 is 0.906 bits per heavy atom. The highest BCUT2D eigenvalue weighted by atomic mass is 16.9. The first-order valence-corrected chi connectivity index (χ1v) is 10.8. The van der Waals surface area contributed by atoms with Gasteiger partial charge in [-0.15, -0.1) is 0 Å². The van der Waals surface area contributed by atoms with Gasteiger partial charge in [0.25, 0.3) is 0 Å². The van der Waals surface area contributed by atoms with Gasteiger partial charge in [0.05, 0.1) is 0 Å². The molecule has 3 aromatic carbocycles. The first-order valence-electron chi connectivity index (χ1n) is 10.8. The third kappa shape index (κ3) is 4.85. The SMILES string of the molecule is Cc1cc(OCC2OC(C)O2)cc(C)c1-c1cccc(COc2ccc(C=O)cc2)c1C. The molecule has 0 amide bonds. The largest absolute Gasteiger partial charge is 0.489 e. The Kier molecular flexibility index (Phi) is 6.58. The molecular formula is C27H28O5. The van der Waals surface area contributed by atoms with Gasteiger partial charge in [-0.05, 0) is 97.5 Å². The second-order valence-electron chi connectivity index (χ2n) is 8.08. The van der Waals surface area contributed by atoms with Gasteiger partial charge in [0, 0.05) is 5.56 Å². The van der Waals surface area contributed by atoms with E-state index in [2.05, 4.69) is 51.1 Å². The molecule has 1 saturated heterocycles. The third-order valence-corrected chi connectivity index (χ3v) is 5.70. The fourth-order valence-corrected chi connectivity index (χ4v) is 4.03. The molecule has 0 unspecified atom stereocenters. The maximum absolute atomic E-state index is 10.8. The van der Waals surface area contributed by atoms with Crippen molar-refractivity contribution in [3.63, 3.8) is 0 Å². The van der Waals surface area contributed by atoms with Crippen molar-refractivity contribution in [2.75, 3.05) is 6.61 Å². The van der Waals surface area contributed by atoms with Crippen molar-refractivity contribution in [1.82, 2.24) is 0 Å². The van der Waals surface area contributed by atoms with E-state index in [1.54, 1.807) is 12.1 Å². The number of rotatable bonds is 8. The highest BCUT2D eigenvalue weighted by Gasteiger charge is 2.27. The molecule has 0 atom stereocenters. The molecule has 0 aromatic heterocycles. The average Bonchev–Trinajstić information content (AvgIpc) is 2.76. The van der Waals surface area contributed by atoms with Gasteiger partial charge in [-0.1, -0.05) is 18.2 Å². The van der Waals surface area contributed by atoms with Gasteiger partial charge >= 0.3 is 0 Å². The maximum atomic E-state index is 10.8. The molecule has 1 aliphatic rings. The van der Waals surface area contributed by atoms with Crippen LogP contribution in [0.2, 0.25) is 0 Å². The van der Waals surface area contributed by atoms with E-state index in [1.165, 1.54) is 16.7 Å². The molecular weight excluding hydrogens is 404 g/mol. The Morgan fingerprint density at radius 3 is 2.22 bits per heavy atom. The lowest BCUT2D eigenvalue weighted by molar-refractivity contribution is -0.380. The first-order chi connectivity index (χ1) is 15.4. The Labute approximate surface area is 188 Å². The van der Waals surface area contributed by atoms with Crippen molar-refractivity contribution in [2.24, 2.45) is 0 Å². The summed E-state index contributed by atoms with van der Waals surface area (Å²) in [4.78, 5) is 10.8. The van der Waals surface area contributed by atoms with Crippen LogP contribution in [-0.2, 0) is 16.1 Å². The highest BCUT2D eigenvalue weighted by Crippen LogP contribution is 2.34. The molecule has 0 radical (unpaired) electrons. The smallest absolute Gasteiger partial charge is 0.197 e. The van der Waals surface area contributed by atoms with Gasteiger partial charge in [0.2, 0.25) is 0 Å². The van der Waals surface area contributed by atoms with E-state index in [0.29, 0.717) is 18.8 Å².